The largest absolute Gasteiger partial charge is 0.292 e. The van der Waals surface area contributed by atoms with Crippen LogP contribution in [0.4, 0.5) is 0 Å². The Morgan fingerprint density at radius 3 is 1.47 bits per heavy atom. The topological polar surface area (TPSA) is 3.24 Å². The van der Waals surface area contributed by atoms with Gasteiger partial charge in [0.25, 0.3) is 0 Å². The lowest BCUT2D eigenvalue weighted by Crippen LogP contribution is -2.60. The highest BCUT2D eigenvalue weighted by Gasteiger charge is 2.51. The van der Waals surface area contributed by atoms with Crippen LogP contribution in [0.3, 0.4) is 0 Å². The van der Waals surface area contributed by atoms with E-state index in [0.717, 1.165) is 18.0 Å². The molecule has 2 unspecified atom stereocenters. The van der Waals surface area contributed by atoms with Gasteiger partial charge in [0, 0.05) is 17.6 Å². The van der Waals surface area contributed by atoms with Crippen molar-refractivity contribution in [3.05, 3.63) is 0 Å². The summed E-state index contributed by atoms with van der Waals surface area (Å²) in [7, 11) is 0. The molecule has 112 valence electrons. The van der Waals surface area contributed by atoms with Crippen LogP contribution in [0.5, 0.6) is 0 Å². The number of fused-ring (bicyclic) bond motifs is 2. The maximum absolute atomic E-state index is 2.90. The molecule has 2 aliphatic rings. The molecule has 0 aromatic rings. The second-order valence-electron chi connectivity index (χ2n) is 9.64. The van der Waals surface area contributed by atoms with E-state index in [9.17, 15) is 0 Å². The summed E-state index contributed by atoms with van der Waals surface area (Å²) in [5, 5.41) is 0. The molecule has 1 nitrogen and oxygen atoms in total. The maximum Gasteiger partial charge on any atom is 0.0207 e. The molecule has 0 aliphatic carbocycles. The lowest BCUT2D eigenvalue weighted by atomic mass is 9.69. The van der Waals surface area contributed by atoms with E-state index in [-0.39, 0.29) is 0 Å². The molecule has 0 N–H and O–H groups in total. The highest BCUT2D eigenvalue weighted by molar-refractivity contribution is 5.06. The van der Waals surface area contributed by atoms with Crippen molar-refractivity contribution in [2.45, 2.75) is 98.7 Å². The van der Waals surface area contributed by atoms with E-state index < -0.39 is 0 Å². The minimum absolute atomic E-state index is 0.307. The number of nitrogens with zero attached hydrogens (tertiary/aromatic N) is 1. The van der Waals surface area contributed by atoms with Gasteiger partial charge in [-0.15, -0.1) is 0 Å². The van der Waals surface area contributed by atoms with Crippen LogP contribution in [-0.4, -0.2) is 22.5 Å². The molecule has 2 heterocycles. The highest BCUT2D eigenvalue weighted by Crippen LogP contribution is 2.51. The fourth-order valence-electron chi connectivity index (χ4n) is 4.18. The van der Waals surface area contributed by atoms with E-state index in [1.54, 1.807) is 0 Å². The molecule has 2 atom stereocenters. The van der Waals surface area contributed by atoms with Crippen molar-refractivity contribution < 1.29 is 0 Å². The molecule has 0 aromatic heterocycles. The van der Waals surface area contributed by atoms with Gasteiger partial charge in [0.15, 0.2) is 0 Å². The molecule has 0 radical (unpaired) electrons. The minimum Gasteiger partial charge on any atom is -0.292 e. The van der Waals surface area contributed by atoms with E-state index >= 15 is 0 Å². The minimum atomic E-state index is 0.307. The van der Waals surface area contributed by atoms with Crippen molar-refractivity contribution in [2.75, 3.05) is 0 Å². The second-order valence-corrected chi connectivity index (χ2v) is 9.64. The summed E-state index contributed by atoms with van der Waals surface area (Å²) < 4.78 is 0. The van der Waals surface area contributed by atoms with Crippen molar-refractivity contribution in [1.82, 2.24) is 4.90 Å². The van der Waals surface area contributed by atoms with Crippen LogP contribution in [0, 0.1) is 16.7 Å². The van der Waals surface area contributed by atoms with Crippen LogP contribution in [0.25, 0.3) is 0 Å². The monoisotopic (exact) mass is 265 g/mol. The first-order chi connectivity index (χ1) is 8.44. The van der Waals surface area contributed by atoms with Gasteiger partial charge < -0.3 is 0 Å². The summed E-state index contributed by atoms with van der Waals surface area (Å²) in [6.07, 6.45) is 5.69. The predicted octanol–water partition coefficient (Wildman–Crippen LogP) is 5.10. The van der Waals surface area contributed by atoms with Gasteiger partial charge in [0.05, 0.1) is 0 Å². The van der Waals surface area contributed by atoms with Crippen LogP contribution >= 0.6 is 0 Å². The van der Waals surface area contributed by atoms with E-state index in [1.807, 2.05) is 0 Å². The molecule has 0 saturated carbocycles. The summed E-state index contributed by atoms with van der Waals surface area (Å²) in [6, 6.07) is 1.66. The molecule has 2 fully saturated rings. The van der Waals surface area contributed by atoms with Gasteiger partial charge in [-0.1, -0.05) is 41.5 Å². The lowest BCUT2D eigenvalue weighted by molar-refractivity contribution is -0.0607. The summed E-state index contributed by atoms with van der Waals surface area (Å²) in [4.78, 5) is 2.90. The molecule has 0 aromatic carbocycles. The van der Waals surface area contributed by atoms with E-state index in [2.05, 4.69) is 60.3 Å². The van der Waals surface area contributed by atoms with Crippen LogP contribution in [-0.2, 0) is 0 Å². The Kier molecular flexibility index (Phi) is 3.62. The van der Waals surface area contributed by atoms with Crippen molar-refractivity contribution in [2.24, 2.45) is 16.7 Å². The van der Waals surface area contributed by atoms with Gasteiger partial charge in [-0.3, -0.25) is 4.90 Å². The van der Waals surface area contributed by atoms with E-state index in [4.69, 9.17) is 0 Å². The number of piperidine rings is 1. The molecule has 2 bridgehead atoms. The Balaban J connectivity index is 2.21. The normalized spacial score (nSPS) is 33.8. The van der Waals surface area contributed by atoms with E-state index in [1.165, 1.54) is 25.7 Å². The molecule has 2 rings (SSSR count). The molecule has 1 heteroatoms. The number of hydrogen-bond acceptors (Lipinski definition) is 1. The van der Waals surface area contributed by atoms with Crippen LogP contribution in [0.1, 0.15) is 81.1 Å². The summed E-state index contributed by atoms with van der Waals surface area (Å²) >= 11 is 0. The third kappa shape index (κ3) is 2.60. The summed E-state index contributed by atoms with van der Waals surface area (Å²) in [5.74, 6) is 0.914. The zero-order valence-electron chi connectivity index (χ0n) is 14.5. The van der Waals surface area contributed by atoms with Gasteiger partial charge in [0.2, 0.25) is 0 Å². The Labute approximate surface area is 121 Å². The molecule has 0 spiro atoms. The zero-order chi connectivity index (χ0) is 14.6. The molecule has 0 amide bonds. The molecule has 2 aliphatic heterocycles. The SMILES string of the molecule is CC(C)(C)C1CC2CCC(C1)N2C(C)(C)C(C)(C)C. The highest BCUT2D eigenvalue weighted by atomic mass is 15.3. The van der Waals surface area contributed by atoms with Crippen molar-refractivity contribution >= 4 is 0 Å². The molecule has 2 saturated heterocycles. The maximum atomic E-state index is 2.90. The molecular weight excluding hydrogens is 230 g/mol. The fraction of sp³-hybridized carbons (Fsp3) is 1.00. The van der Waals surface area contributed by atoms with E-state index in [0.29, 0.717) is 16.4 Å². The summed E-state index contributed by atoms with van der Waals surface area (Å²) in [5.41, 5.74) is 1.14. The number of rotatable bonds is 1. The van der Waals surface area contributed by atoms with Crippen molar-refractivity contribution in [3.63, 3.8) is 0 Å². The van der Waals surface area contributed by atoms with Gasteiger partial charge in [-0.2, -0.15) is 0 Å². The lowest BCUT2D eigenvalue weighted by Gasteiger charge is -2.55. The third-order valence-electron chi connectivity index (χ3n) is 6.44. The second kappa shape index (κ2) is 4.48. The fourth-order valence-corrected chi connectivity index (χ4v) is 4.18. The smallest absolute Gasteiger partial charge is 0.0207 e. The van der Waals surface area contributed by atoms with Gasteiger partial charge in [-0.25, -0.2) is 0 Å². The van der Waals surface area contributed by atoms with Crippen LogP contribution < -0.4 is 0 Å². The summed E-state index contributed by atoms with van der Waals surface area (Å²) in [6.45, 7) is 19.4. The van der Waals surface area contributed by atoms with Crippen LogP contribution in [0.15, 0.2) is 0 Å². The average Bonchev–Trinajstić information content (AvgIpc) is 2.47. The Morgan fingerprint density at radius 1 is 0.737 bits per heavy atom. The van der Waals surface area contributed by atoms with Gasteiger partial charge in [0.1, 0.15) is 0 Å². The standard InChI is InChI=1S/C18H35N/c1-16(2,3)13-11-14-9-10-15(12-13)19(14)18(7,8)17(4,5)6/h13-15H,9-12H2,1-8H3. The Bertz CT molecular complexity index is 315. The van der Waals surface area contributed by atoms with Gasteiger partial charge in [-0.05, 0) is 56.3 Å². The Hall–Kier alpha value is -0.0400. The average molecular weight is 265 g/mol. The van der Waals surface area contributed by atoms with Crippen LogP contribution in [0.2, 0.25) is 0 Å². The zero-order valence-corrected chi connectivity index (χ0v) is 14.5. The predicted molar refractivity (Wildman–Crippen MR) is 84.4 cm³/mol. The first-order valence-corrected chi connectivity index (χ1v) is 8.23. The van der Waals surface area contributed by atoms with Gasteiger partial charge >= 0.3 is 0 Å². The van der Waals surface area contributed by atoms with Crippen molar-refractivity contribution in [3.8, 4) is 0 Å². The Morgan fingerprint density at radius 2 is 1.16 bits per heavy atom. The first kappa shape index (κ1) is 15.4. The number of hydrogen-bond donors (Lipinski definition) is 0. The van der Waals surface area contributed by atoms with Crippen molar-refractivity contribution in [1.29, 1.82) is 0 Å². The molecule has 19 heavy (non-hydrogen) atoms. The molecular formula is C18H35N. The third-order valence-corrected chi connectivity index (χ3v) is 6.44. The first-order valence-electron chi connectivity index (χ1n) is 8.23. The quantitative estimate of drug-likeness (QED) is 0.637.